The van der Waals surface area contributed by atoms with Crippen molar-refractivity contribution < 1.29 is 19.1 Å². The van der Waals surface area contributed by atoms with Crippen molar-refractivity contribution in [2.24, 2.45) is 0 Å². The van der Waals surface area contributed by atoms with E-state index in [1.54, 1.807) is 37.1 Å². The highest BCUT2D eigenvalue weighted by atomic mass is 32.1. The predicted molar refractivity (Wildman–Crippen MR) is 104 cm³/mol. The van der Waals surface area contributed by atoms with E-state index < -0.39 is 5.97 Å². The molecule has 27 heavy (non-hydrogen) atoms. The van der Waals surface area contributed by atoms with Gasteiger partial charge in [0.25, 0.3) is 0 Å². The number of nitrogens with zero attached hydrogens (tertiary/aromatic N) is 3. The van der Waals surface area contributed by atoms with Gasteiger partial charge in [-0.05, 0) is 19.1 Å². The van der Waals surface area contributed by atoms with Gasteiger partial charge >= 0.3 is 5.97 Å². The summed E-state index contributed by atoms with van der Waals surface area (Å²) in [4.78, 5) is 34.8. The molecule has 0 aliphatic rings. The summed E-state index contributed by atoms with van der Waals surface area (Å²) in [5.74, 6) is -0.0630. The minimum Gasteiger partial charge on any atom is -0.495 e. The first-order valence-electron chi connectivity index (χ1n) is 7.96. The fourth-order valence-electron chi connectivity index (χ4n) is 2.39. The van der Waals surface area contributed by atoms with Crippen molar-refractivity contribution in [2.45, 2.75) is 20.5 Å². The molecule has 0 saturated carbocycles. The van der Waals surface area contributed by atoms with E-state index in [9.17, 15) is 9.59 Å². The quantitative estimate of drug-likeness (QED) is 0.580. The second-order valence-corrected chi connectivity index (χ2v) is 7.18. The maximum atomic E-state index is 12.2. The number of amides is 1. The normalized spacial score (nSPS) is 10.5. The fourth-order valence-corrected chi connectivity index (χ4v) is 3.95. The van der Waals surface area contributed by atoms with Gasteiger partial charge < -0.3 is 9.47 Å². The van der Waals surface area contributed by atoms with Crippen molar-refractivity contribution in [1.29, 1.82) is 0 Å². The lowest BCUT2D eigenvalue weighted by atomic mass is 10.2. The predicted octanol–water partition coefficient (Wildman–Crippen LogP) is 3.96. The van der Waals surface area contributed by atoms with Crippen LogP contribution in [0, 0.1) is 6.92 Å². The molecule has 0 saturated heterocycles. The number of aromatic nitrogens is 2. The Kier molecular flexibility index (Phi) is 5.82. The first kappa shape index (κ1) is 19.0. The number of carbonyl (C=O) groups is 2. The van der Waals surface area contributed by atoms with Gasteiger partial charge in [0, 0.05) is 12.3 Å². The number of ether oxygens (including phenoxy) is 2. The highest BCUT2D eigenvalue weighted by Crippen LogP contribution is 2.35. The summed E-state index contributed by atoms with van der Waals surface area (Å²) in [6, 6.07) is 7.21. The van der Waals surface area contributed by atoms with E-state index in [4.69, 9.17) is 9.47 Å². The zero-order valence-corrected chi connectivity index (χ0v) is 16.6. The standard InChI is InChI=1S/C18H17N3O4S2/c1-11-16(27-10-19-11)17(23)25-8-13-9-26-18(20-13)21(12(2)22)14-6-4-5-7-15(14)24-3/h4-7,9-10H,8H2,1-3H3. The second kappa shape index (κ2) is 8.28. The highest BCUT2D eigenvalue weighted by molar-refractivity contribution is 7.14. The molecule has 2 heterocycles. The van der Waals surface area contributed by atoms with Crippen molar-refractivity contribution in [3.8, 4) is 5.75 Å². The summed E-state index contributed by atoms with van der Waals surface area (Å²) >= 11 is 2.53. The molecule has 0 radical (unpaired) electrons. The third kappa shape index (κ3) is 4.15. The first-order valence-corrected chi connectivity index (χ1v) is 9.72. The average Bonchev–Trinajstić information content (AvgIpc) is 3.29. The Bertz CT molecular complexity index is 967. The molecule has 0 N–H and O–H groups in total. The molecule has 9 heteroatoms. The van der Waals surface area contributed by atoms with Crippen molar-refractivity contribution in [3.63, 3.8) is 0 Å². The molecule has 0 unspecified atom stereocenters. The number of carbonyl (C=O) groups excluding carboxylic acids is 2. The van der Waals surface area contributed by atoms with Gasteiger partial charge in [0.2, 0.25) is 5.91 Å². The molecule has 1 amide bonds. The van der Waals surface area contributed by atoms with Crippen LogP contribution in [0.5, 0.6) is 5.75 Å². The van der Waals surface area contributed by atoms with E-state index >= 15 is 0 Å². The SMILES string of the molecule is COc1ccccc1N(C(C)=O)c1nc(COC(=O)c2scnc2C)cs1. The topological polar surface area (TPSA) is 81.6 Å². The minimum absolute atomic E-state index is 0.0182. The number of rotatable bonds is 6. The molecule has 0 bridgehead atoms. The molecule has 2 aromatic heterocycles. The molecule has 3 rings (SSSR count). The van der Waals surface area contributed by atoms with Crippen LogP contribution in [0.25, 0.3) is 0 Å². The molecular weight excluding hydrogens is 386 g/mol. The third-order valence-electron chi connectivity index (χ3n) is 3.65. The van der Waals surface area contributed by atoms with E-state index in [2.05, 4.69) is 9.97 Å². The van der Waals surface area contributed by atoms with Crippen molar-refractivity contribution in [1.82, 2.24) is 9.97 Å². The van der Waals surface area contributed by atoms with E-state index in [1.807, 2.05) is 12.1 Å². The van der Waals surface area contributed by atoms with Crippen molar-refractivity contribution in [3.05, 3.63) is 51.4 Å². The van der Waals surface area contributed by atoms with E-state index in [-0.39, 0.29) is 12.5 Å². The lowest BCUT2D eigenvalue weighted by Crippen LogP contribution is -2.23. The van der Waals surface area contributed by atoms with Crippen LogP contribution in [0.3, 0.4) is 0 Å². The van der Waals surface area contributed by atoms with Gasteiger partial charge in [0.15, 0.2) is 5.13 Å². The number of para-hydroxylation sites is 2. The maximum absolute atomic E-state index is 12.2. The molecule has 0 spiro atoms. The van der Waals surface area contributed by atoms with Gasteiger partial charge in [-0.15, -0.1) is 22.7 Å². The number of thiazole rings is 2. The number of esters is 1. The highest BCUT2D eigenvalue weighted by Gasteiger charge is 2.22. The Hall–Kier alpha value is -2.78. The molecule has 0 atom stereocenters. The Morgan fingerprint density at radius 2 is 2.00 bits per heavy atom. The van der Waals surface area contributed by atoms with Crippen LogP contribution < -0.4 is 9.64 Å². The van der Waals surface area contributed by atoms with Crippen LogP contribution in [-0.4, -0.2) is 29.0 Å². The fraction of sp³-hybridized carbons (Fsp3) is 0.222. The summed E-state index contributed by atoms with van der Waals surface area (Å²) in [6.45, 7) is 3.23. The lowest BCUT2D eigenvalue weighted by molar-refractivity contribution is -0.115. The van der Waals surface area contributed by atoms with Crippen molar-refractivity contribution in [2.75, 3.05) is 12.0 Å². The summed E-state index contributed by atoms with van der Waals surface area (Å²) < 4.78 is 10.7. The Morgan fingerprint density at radius 1 is 1.22 bits per heavy atom. The maximum Gasteiger partial charge on any atom is 0.350 e. The monoisotopic (exact) mass is 403 g/mol. The summed E-state index contributed by atoms with van der Waals surface area (Å²) in [5.41, 5.74) is 3.41. The zero-order chi connectivity index (χ0) is 19.4. The van der Waals surface area contributed by atoms with Crippen LogP contribution in [0.2, 0.25) is 0 Å². The molecule has 7 nitrogen and oxygen atoms in total. The second-order valence-electron chi connectivity index (χ2n) is 5.49. The summed E-state index contributed by atoms with van der Waals surface area (Å²) in [6.07, 6.45) is 0. The van der Waals surface area contributed by atoms with E-state index in [0.717, 1.165) is 0 Å². The van der Waals surface area contributed by atoms with Gasteiger partial charge in [-0.1, -0.05) is 12.1 Å². The zero-order valence-electron chi connectivity index (χ0n) is 15.0. The molecule has 0 aliphatic carbocycles. The van der Waals surface area contributed by atoms with Crippen LogP contribution in [0.1, 0.15) is 28.0 Å². The van der Waals surface area contributed by atoms with Crippen LogP contribution >= 0.6 is 22.7 Å². The number of benzene rings is 1. The lowest BCUT2D eigenvalue weighted by Gasteiger charge is -2.20. The van der Waals surface area contributed by atoms with Crippen LogP contribution in [0.4, 0.5) is 10.8 Å². The molecule has 1 aromatic carbocycles. The summed E-state index contributed by atoms with van der Waals surface area (Å²) in [7, 11) is 1.55. The average molecular weight is 403 g/mol. The van der Waals surface area contributed by atoms with Gasteiger partial charge in [0.05, 0.1) is 29.7 Å². The first-order chi connectivity index (χ1) is 13.0. The number of aryl methyl sites for hydroxylation is 1. The Balaban J connectivity index is 1.77. The Labute approximate surface area is 164 Å². The van der Waals surface area contributed by atoms with E-state index in [1.165, 1.54) is 34.5 Å². The third-order valence-corrected chi connectivity index (χ3v) is 5.44. The van der Waals surface area contributed by atoms with Gasteiger partial charge in [-0.2, -0.15) is 0 Å². The van der Waals surface area contributed by atoms with Gasteiger partial charge in [-0.3, -0.25) is 9.69 Å². The molecule has 140 valence electrons. The smallest absolute Gasteiger partial charge is 0.350 e. The molecule has 0 aliphatic heterocycles. The molecular formula is C18H17N3O4S2. The number of hydrogen-bond acceptors (Lipinski definition) is 8. The van der Waals surface area contributed by atoms with E-state index in [0.29, 0.717) is 32.8 Å². The molecule has 3 aromatic rings. The van der Waals surface area contributed by atoms with Crippen LogP contribution in [0.15, 0.2) is 35.2 Å². The Morgan fingerprint density at radius 3 is 2.67 bits per heavy atom. The summed E-state index contributed by atoms with van der Waals surface area (Å²) in [5, 5.41) is 2.24. The largest absolute Gasteiger partial charge is 0.495 e. The van der Waals surface area contributed by atoms with Crippen molar-refractivity contribution >= 4 is 45.4 Å². The van der Waals surface area contributed by atoms with Gasteiger partial charge in [-0.25, -0.2) is 14.8 Å². The number of anilines is 2. The molecule has 0 fully saturated rings. The number of methoxy groups -OCH3 is 1. The minimum atomic E-state index is -0.433. The van der Waals surface area contributed by atoms with Crippen LogP contribution in [-0.2, 0) is 16.1 Å². The number of hydrogen-bond donors (Lipinski definition) is 0. The van der Waals surface area contributed by atoms with Gasteiger partial charge in [0.1, 0.15) is 17.2 Å².